The van der Waals surface area contributed by atoms with Gasteiger partial charge in [-0.1, -0.05) is 18.2 Å². The van der Waals surface area contributed by atoms with Gasteiger partial charge in [0, 0.05) is 20.0 Å². The molecular weight excluding hydrogens is 443 g/mol. The first-order valence-corrected chi connectivity index (χ1v) is 12.5. The van der Waals surface area contributed by atoms with Gasteiger partial charge in [-0.3, -0.25) is 4.79 Å². The number of nitrogens with one attached hydrogen (secondary N) is 2. The fraction of sp³-hybridized carbons (Fsp3) is 0.417. The van der Waals surface area contributed by atoms with E-state index in [-0.39, 0.29) is 23.8 Å². The number of sulfonamides is 1. The van der Waals surface area contributed by atoms with Crippen LogP contribution in [0.15, 0.2) is 41.3 Å². The number of carbonyl (C=O) groups is 1. The Morgan fingerprint density at radius 2 is 2.09 bits per heavy atom. The van der Waals surface area contributed by atoms with E-state index in [9.17, 15) is 22.9 Å². The average Bonchev–Trinajstić information content (AvgIpc) is 3.47. The number of piperidine rings is 1. The lowest BCUT2D eigenvalue weighted by Crippen LogP contribution is -2.55. The molecule has 7 nitrogen and oxygen atoms in total. The Hall–Kier alpha value is -2.80. The molecule has 2 aromatic carbocycles. The third kappa shape index (κ3) is 3.72. The average molecular weight is 469 g/mol. The molecular formula is C24H25FN4O3S. The summed E-state index contributed by atoms with van der Waals surface area (Å²) >= 11 is 0. The van der Waals surface area contributed by atoms with E-state index in [4.69, 9.17) is 0 Å². The van der Waals surface area contributed by atoms with Crippen LogP contribution in [0.3, 0.4) is 0 Å². The van der Waals surface area contributed by atoms with Crippen LogP contribution in [0.5, 0.6) is 0 Å². The largest absolute Gasteiger partial charge is 0.338 e. The molecule has 2 bridgehead atoms. The Morgan fingerprint density at radius 1 is 1.33 bits per heavy atom. The molecule has 172 valence electrons. The minimum atomic E-state index is -3.44. The molecule has 1 aliphatic carbocycles. The highest BCUT2D eigenvalue weighted by Crippen LogP contribution is 2.40. The maximum Gasteiger partial charge on any atom is 0.243 e. The van der Waals surface area contributed by atoms with Crippen molar-refractivity contribution in [2.75, 3.05) is 13.6 Å². The van der Waals surface area contributed by atoms with E-state index in [0.717, 1.165) is 31.4 Å². The standard InChI is InChI=1S/C24H25FN4O3S/c1-29-14-19-8-16(4-5-22(19)33(29,31)32)17-2-3-18(21(25)10-17)9-20(12-26)28-23(30)24-7-6-15(11-24)13-27-24/h2-5,8,10,15,20,27H,6-7,9,11,13-14H2,1H3,(H,28,30)/t15?,20-,24?/m0/s1. The predicted octanol–water partition coefficient (Wildman–Crippen LogP) is 2.32. The minimum Gasteiger partial charge on any atom is -0.338 e. The smallest absolute Gasteiger partial charge is 0.243 e. The van der Waals surface area contributed by atoms with Gasteiger partial charge in [0.25, 0.3) is 0 Å². The van der Waals surface area contributed by atoms with Crippen molar-refractivity contribution in [2.24, 2.45) is 5.92 Å². The van der Waals surface area contributed by atoms with Gasteiger partial charge in [0.2, 0.25) is 15.9 Å². The van der Waals surface area contributed by atoms with Crippen LogP contribution in [-0.4, -0.2) is 43.8 Å². The molecule has 1 saturated heterocycles. The van der Waals surface area contributed by atoms with Gasteiger partial charge in [-0.25, -0.2) is 12.8 Å². The highest BCUT2D eigenvalue weighted by molar-refractivity contribution is 7.89. The highest BCUT2D eigenvalue weighted by atomic mass is 32.2. The Morgan fingerprint density at radius 3 is 2.73 bits per heavy atom. The first-order chi connectivity index (χ1) is 15.7. The fourth-order valence-electron chi connectivity index (χ4n) is 5.27. The topological polar surface area (TPSA) is 102 Å². The van der Waals surface area contributed by atoms with Crippen LogP contribution in [0.2, 0.25) is 0 Å². The van der Waals surface area contributed by atoms with Gasteiger partial charge in [0.1, 0.15) is 11.9 Å². The normalized spacial score (nSPS) is 26.0. The molecule has 2 N–H and O–H groups in total. The number of halogens is 1. The molecule has 2 unspecified atom stereocenters. The van der Waals surface area contributed by atoms with Crippen molar-refractivity contribution in [3.05, 3.63) is 53.3 Å². The first-order valence-electron chi connectivity index (χ1n) is 11.1. The van der Waals surface area contributed by atoms with Gasteiger partial charge in [0.05, 0.1) is 16.5 Å². The van der Waals surface area contributed by atoms with E-state index in [2.05, 4.69) is 16.7 Å². The first kappa shape index (κ1) is 22.0. The second-order valence-corrected chi connectivity index (χ2v) is 11.3. The number of hydrogen-bond donors (Lipinski definition) is 2. The molecule has 9 heteroatoms. The van der Waals surface area contributed by atoms with Crippen molar-refractivity contribution in [3.8, 4) is 17.2 Å². The van der Waals surface area contributed by atoms with Crippen molar-refractivity contribution in [1.82, 2.24) is 14.9 Å². The minimum absolute atomic E-state index is 0.0705. The van der Waals surface area contributed by atoms with Gasteiger partial charge in [-0.05, 0) is 72.2 Å². The van der Waals surface area contributed by atoms with E-state index >= 15 is 0 Å². The van der Waals surface area contributed by atoms with Crippen molar-refractivity contribution < 1.29 is 17.6 Å². The van der Waals surface area contributed by atoms with Crippen LogP contribution in [0, 0.1) is 23.1 Å². The van der Waals surface area contributed by atoms with Crippen molar-refractivity contribution in [2.45, 2.75) is 48.7 Å². The highest BCUT2D eigenvalue weighted by Gasteiger charge is 2.50. The van der Waals surface area contributed by atoms with E-state index in [1.54, 1.807) is 30.3 Å². The van der Waals surface area contributed by atoms with Gasteiger partial charge >= 0.3 is 0 Å². The summed E-state index contributed by atoms with van der Waals surface area (Å²) in [6.45, 7) is 1.11. The summed E-state index contributed by atoms with van der Waals surface area (Å²) in [5.41, 5.74) is 1.78. The predicted molar refractivity (Wildman–Crippen MR) is 120 cm³/mol. The number of rotatable bonds is 5. The zero-order chi connectivity index (χ0) is 23.4. The molecule has 2 aliphatic heterocycles. The van der Waals surface area contributed by atoms with Crippen molar-refractivity contribution in [1.29, 1.82) is 5.26 Å². The van der Waals surface area contributed by atoms with E-state index < -0.39 is 27.4 Å². The summed E-state index contributed by atoms with van der Waals surface area (Å²) in [5, 5.41) is 15.6. The zero-order valence-corrected chi connectivity index (χ0v) is 19.1. The molecule has 3 atom stereocenters. The molecule has 0 spiro atoms. The number of fused-ring (bicyclic) bond motifs is 3. The van der Waals surface area contributed by atoms with Crippen LogP contribution in [0.1, 0.15) is 30.4 Å². The van der Waals surface area contributed by atoms with Crippen molar-refractivity contribution >= 4 is 15.9 Å². The summed E-state index contributed by atoms with van der Waals surface area (Å²) in [5.74, 6) is -0.129. The Balaban J connectivity index is 1.32. The molecule has 5 rings (SSSR count). The lowest BCUT2D eigenvalue weighted by Gasteiger charge is -2.27. The molecule has 2 heterocycles. The Bertz CT molecular complexity index is 1280. The Labute approximate surface area is 192 Å². The fourth-order valence-corrected chi connectivity index (χ4v) is 6.61. The lowest BCUT2D eigenvalue weighted by molar-refractivity contribution is -0.127. The van der Waals surface area contributed by atoms with Gasteiger partial charge in [-0.15, -0.1) is 0 Å². The molecule has 3 aliphatic rings. The molecule has 0 radical (unpaired) electrons. The van der Waals surface area contributed by atoms with E-state index in [1.807, 2.05) is 0 Å². The lowest BCUT2D eigenvalue weighted by atomic mass is 9.96. The van der Waals surface area contributed by atoms with Gasteiger partial charge in [0.15, 0.2) is 0 Å². The molecule has 2 aromatic rings. The third-order valence-corrected chi connectivity index (χ3v) is 9.10. The summed E-state index contributed by atoms with van der Waals surface area (Å²) < 4.78 is 40.8. The summed E-state index contributed by atoms with van der Waals surface area (Å²) in [4.78, 5) is 13.1. The monoisotopic (exact) mass is 468 g/mol. The molecule has 1 amide bonds. The number of nitrogens with zero attached hydrogens (tertiary/aromatic N) is 2. The Kier molecular flexibility index (Phi) is 5.27. The maximum absolute atomic E-state index is 14.9. The SMILES string of the molecule is CN1Cc2cc(-c3ccc(C[C@@H](C#N)NC(=O)C45CCC(CN4)C5)c(F)c3)ccc2S1(=O)=O. The molecule has 33 heavy (non-hydrogen) atoms. The number of hydrogen-bond acceptors (Lipinski definition) is 5. The van der Waals surface area contributed by atoms with Crippen LogP contribution < -0.4 is 10.6 Å². The number of carbonyl (C=O) groups excluding carboxylic acids is 1. The molecule has 1 saturated carbocycles. The van der Waals surface area contributed by atoms with Crippen LogP contribution in [-0.2, 0) is 27.8 Å². The maximum atomic E-state index is 14.9. The summed E-state index contributed by atoms with van der Waals surface area (Å²) in [6, 6.07) is 11.0. The number of amides is 1. The van der Waals surface area contributed by atoms with E-state index in [0.29, 0.717) is 22.6 Å². The quantitative estimate of drug-likeness (QED) is 0.701. The van der Waals surface area contributed by atoms with E-state index in [1.165, 1.54) is 17.4 Å². The van der Waals surface area contributed by atoms with Crippen LogP contribution in [0.25, 0.3) is 11.1 Å². The third-order valence-electron chi connectivity index (χ3n) is 7.19. The van der Waals surface area contributed by atoms with Gasteiger partial charge in [-0.2, -0.15) is 9.57 Å². The van der Waals surface area contributed by atoms with Crippen molar-refractivity contribution in [3.63, 3.8) is 0 Å². The number of benzene rings is 2. The second kappa shape index (κ2) is 7.90. The second-order valence-electron chi connectivity index (χ2n) is 9.32. The summed E-state index contributed by atoms with van der Waals surface area (Å²) in [7, 11) is -1.92. The summed E-state index contributed by atoms with van der Waals surface area (Å²) in [6.07, 6.45) is 2.64. The molecule has 0 aromatic heterocycles. The van der Waals surface area contributed by atoms with Gasteiger partial charge < -0.3 is 10.6 Å². The van der Waals surface area contributed by atoms with Crippen LogP contribution >= 0.6 is 0 Å². The molecule has 2 fully saturated rings. The zero-order valence-electron chi connectivity index (χ0n) is 18.3. The van der Waals surface area contributed by atoms with Crippen LogP contribution in [0.4, 0.5) is 4.39 Å². The number of nitriles is 1.